The monoisotopic (exact) mass is 344 g/mol. The average Bonchev–Trinajstić information content (AvgIpc) is 2.33. The van der Waals surface area contributed by atoms with Crippen LogP contribution in [0.15, 0.2) is 15.5 Å². The molecule has 0 radical (unpaired) electrons. The Balaban J connectivity index is 2.64. The molecule has 1 heterocycles. The summed E-state index contributed by atoms with van der Waals surface area (Å²) < 4.78 is 1.84. The van der Waals surface area contributed by atoms with Gasteiger partial charge in [0.05, 0.1) is 17.9 Å². The fourth-order valence-corrected chi connectivity index (χ4v) is 2.06. The van der Waals surface area contributed by atoms with Crippen molar-refractivity contribution in [1.29, 1.82) is 0 Å². The third-order valence-electron chi connectivity index (χ3n) is 2.55. The standard InChI is InChI=1S/C13H21BrN4O2/c1-8(2)17-11(19)5-6-15-10-7-16-18(9(3)4)13(20)12(10)14/h7-9,15H,5-6H2,1-4H3,(H,17,19). The summed E-state index contributed by atoms with van der Waals surface area (Å²) in [5.74, 6) is -0.0212. The first-order valence-electron chi connectivity index (χ1n) is 6.63. The molecule has 0 saturated heterocycles. The summed E-state index contributed by atoms with van der Waals surface area (Å²) in [6.45, 7) is 8.06. The van der Waals surface area contributed by atoms with Crippen molar-refractivity contribution in [2.75, 3.05) is 11.9 Å². The third kappa shape index (κ3) is 4.63. The smallest absolute Gasteiger partial charge is 0.283 e. The van der Waals surface area contributed by atoms with Crippen LogP contribution in [0.2, 0.25) is 0 Å². The summed E-state index contributed by atoms with van der Waals surface area (Å²) in [4.78, 5) is 23.5. The summed E-state index contributed by atoms with van der Waals surface area (Å²) >= 11 is 3.27. The fourth-order valence-electron chi connectivity index (χ4n) is 1.64. The molecular formula is C13H21BrN4O2. The van der Waals surface area contributed by atoms with Gasteiger partial charge in [-0.1, -0.05) is 0 Å². The third-order valence-corrected chi connectivity index (χ3v) is 3.32. The van der Waals surface area contributed by atoms with E-state index in [4.69, 9.17) is 0 Å². The van der Waals surface area contributed by atoms with Gasteiger partial charge in [-0.3, -0.25) is 9.59 Å². The Hall–Kier alpha value is -1.37. The van der Waals surface area contributed by atoms with Crippen molar-refractivity contribution < 1.29 is 4.79 Å². The Morgan fingerprint density at radius 3 is 2.60 bits per heavy atom. The van der Waals surface area contributed by atoms with Crippen LogP contribution in [0.3, 0.4) is 0 Å². The van der Waals surface area contributed by atoms with Crippen LogP contribution in [-0.4, -0.2) is 28.3 Å². The number of halogens is 1. The summed E-state index contributed by atoms with van der Waals surface area (Å²) in [6, 6.07) is 0.135. The van der Waals surface area contributed by atoms with E-state index >= 15 is 0 Å². The van der Waals surface area contributed by atoms with Crippen LogP contribution in [0.25, 0.3) is 0 Å². The zero-order valence-corrected chi connectivity index (χ0v) is 13.8. The molecule has 0 aliphatic heterocycles. The van der Waals surface area contributed by atoms with Crippen LogP contribution in [0, 0.1) is 0 Å². The van der Waals surface area contributed by atoms with Gasteiger partial charge in [0.15, 0.2) is 0 Å². The first-order chi connectivity index (χ1) is 9.32. The molecule has 1 aromatic rings. The minimum atomic E-state index is -0.184. The Bertz CT molecular complexity index is 526. The van der Waals surface area contributed by atoms with Gasteiger partial charge in [0.25, 0.3) is 5.56 Å². The Kier molecular flexibility index (Phi) is 6.19. The van der Waals surface area contributed by atoms with E-state index in [9.17, 15) is 9.59 Å². The van der Waals surface area contributed by atoms with Gasteiger partial charge in [-0.25, -0.2) is 4.68 Å². The van der Waals surface area contributed by atoms with Gasteiger partial charge in [0.2, 0.25) is 5.91 Å². The summed E-state index contributed by atoms with van der Waals surface area (Å²) in [5, 5.41) is 9.94. The number of nitrogens with zero attached hydrogens (tertiary/aromatic N) is 2. The number of carbonyl (C=O) groups is 1. The molecule has 0 saturated carbocycles. The molecule has 1 amide bonds. The molecular weight excluding hydrogens is 324 g/mol. The quantitative estimate of drug-likeness (QED) is 0.826. The molecule has 0 aliphatic rings. The average molecular weight is 345 g/mol. The maximum atomic E-state index is 12.0. The van der Waals surface area contributed by atoms with E-state index in [1.54, 1.807) is 6.20 Å². The van der Waals surface area contributed by atoms with Gasteiger partial charge < -0.3 is 10.6 Å². The van der Waals surface area contributed by atoms with Crippen LogP contribution in [-0.2, 0) is 4.79 Å². The maximum Gasteiger partial charge on any atom is 0.283 e. The molecule has 2 N–H and O–H groups in total. The highest BCUT2D eigenvalue weighted by molar-refractivity contribution is 9.10. The second-order valence-corrected chi connectivity index (χ2v) is 5.91. The number of carbonyl (C=O) groups excluding carboxylic acids is 1. The molecule has 0 fully saturated rings. The van der Waals surface area contributed by atoms with Gasteiger partial charge in [-0.15, -0.1) is 0 Å². The van der Waals surface area contributed by atoms with E-state index in [2.05, 4.69) is 31.7 Å². The van der Waals surface area contributed by atoms with Crippen molar-refractivity contribution in [1.82, 2.24) is 15.1 Å². The molecule has 20 heavy (non-hydrogen) atoms. The van der Waals surface area contributed by atoms with E-state index in [1.165, 1.54) is 4.68 Å². The second kappa shape index (κ2) is 7.42. The number of hydrogen-bond donors (Lipinski definition) is 2. The molecule has 1 aromatic heterocycles. The lowest BCUT2D eigenvalue weighted by molar-refractivity contribution is -0.121. The first kappa shape index (κ1) is 16.7. The molecule has 0 aliphatic carbocycles. The van der Waals surface area contributed by atoms with Crippen molar-refractivity contribution in [3.63, 3.8) is 0 Å². The minimum Gasteiger partial charge on any atom is -0.382 e. The van der Waals surface area contributed by atoms with Crippen molar-refractivity contribution in [2.24, 2.45) is 0 Å². The van der Waals surface area contributed by atoms with Crippen LogP contribution >= 0.6 is 15.9 Å². The van der Waals surface area contributed by atoms with E-state index in [0.29, 0.717) is 23.1 Å². The van der Waals surface area contributed by atoms with Crippen molar-refractivity contribution in [2.45, 2.75) is 46.2 Å². The summed E-state index contributed by atoms with van der Waals surface area (Å²) in [5.41, 5.74) is 0.417. The van der Waals surface area contributed by atoms with Crippen LogP contribution in [0.1, 0.15) is 40.2 Å². The van der Waals surface area contributed by atoms with Crippen LogP contribution < -0.4 is 16.2 Å². The lowest BCUT2D eigenvalue weighted by atomic mass is 10.3. The largest absolute Gasteiger partial charge is 0.382 e. The topological polar surface area (TPSA) is 76.0 Å². The fraction of sp³-hybridized carbons (Fsp3) is 0.615. The highest BCUT2D eigenvalue weighted by Gasteiger charge is 2.11. The number of anilines is 1. The minimum absolute atomic E-state index is 0.00432. The van der Waals surface area contributed by atoms with Gasteiger partial charge in [-0.2, -0.15) is 5.10 Å². The van der Waals surface area contributed by atoms with E-state index in [0.717, 1.165) is 0 Å². The van der Waals surface area contributed by atoms with Gasteiger partial charge in [0, 0.05) is 19.0 Å². The van der Waals surface area contributed by atoms with E-state index in [-0.39, 0.29) is 23.6 Å². The van der Waals surface area contributed by atoms with E-state index in [1.807, 2.05) is 27.7 Å². The zero-order chi connectivity index (χ0) is 15.3. The van der Waals surface area contributed by atoms with Crippen molar-refractivity contribution in [3.8, 4) is 0 Å². The van der Waals surface area contributed by atoms with Gasteiger partial charge in [-0.05, 0) is 43.6 Å². The van der Waals surface area contributed by atoms with Crippen LogP contribution in [0.4, 0.5) is 5.69 Å². The maximum absolute atomic E-state index is 12.0. The number of rotatable bonds is 6. The number of hydrogen-bond acceptors (Lipinski definition) is 4. The summed E-state index contributed by atoms with van der Waals surface area (Å²) in [7, 11) is 0. The second-order valence-electron chi connectivity index (χ2n) is 5.11. The molecule has 7 heteroatoms. The zero-order valence-electron chi connectivity index (χ0n) is 12.2. The predicted octanol–water partition coefficient (Wildman–Crippen LogP) is 1.91. The molecule has 1 rings (SSSR count). The Labute approximate surface area is 127 Å². The predicted molar refractivity (Wildman–Crippen MR) is 83.0 cm³/mol. The Morgan fingerprint density at radius 2 is 2.05 bits per heavy atom. The van der Waals surface area contributed by atoms with Gasteiger partial charge in [0.1, 0.15) is 4.47 Å². The number of aromatic nitrogens is 2. The molecule has 6 nitrogen and oxygen atoms in total. The molecule has 112 valence electrons. The number of nitrogens with one attached hydrogen (secondary N) is 2. The van der Waals surface area contributed by atoms with E-state index < -0.39 is 0 Å². The molecule has 0 aromatic carbocycles. The SMILES string of the molecule is CC(C)NC(=O)CCNc1cnn(C(C)C)c(=O)c1Br. The van der Waals surface area contributed by atoms with Gasteiger partial charge >= 0.3 is 0 Å². The number of amides is 1. The first-order valence-corrected chi connectivity index (χ1v) is 7.42. The Morgan fingerprint density at radius 1 is 1.40 bits per heavy atom. The molecule has 0 bridgehead atoms. The lowest BCUT2D eigenvalue weighted by Gasteiger charge is -2.13. The highest BCUT2D eigenvalue weighted by atomic mass is 79.9. The summed E-state index contributed by atoms with van der Waals surface area (Å²) in [6.07, 6.45) is 1.93. The molecule has 0 spiro atoms. The van der Waals surface area contributed by atoms with Crippen molar-refractivity contribution in [3.05, 3.63) is 21.0 Å². The lowest BCUT2D eigenvalue weighted by Crippen LogP contribution is -2.31. The highest BCUT2D eigenvalue weighted by Crippen LogP contribution is 2.16. The normalized spacial score (nSPS) is 10.9. The van der Waals surface area contributed by atoms with Crippen molar-refractivity contribution >= 4 is 27.5 Å². The van der Waals surface area contributed by atoms with Crippen LogP contribution in [0.5, 0.6) is 0 Å². The molecule has 0 atom stereocenters. The molecule has 0 unspecified atom stereocenters.